The van der Waals surface area contributed by atoms with Crippen molar-refractivity contribution in [2.45, 2.75) is 31.1 Å². The number of hydrogen-bond acceptors (Lipinski definition) is 4. The van der Waals surface area contributed by atoms with E-state index in [9.17, 15) is 8.42 Å². The van der Waals surface area contributed by atoms with Gasteiger partial charge in [-0.1, -0.05) is 110 Å². The van der Waals surface area contributed by atoms with E-state index in [-0.39, 0.29) is 4.90 Å². The lowest BCUT2D eigenvalue weighted by Crippen LogP contribution is -2.29. The van der Waals surface area contributed by atoms with Crippen LogP contribution in [0.15, 0.2) is 126 Å². The molecule has 0 spiro atoms. The van der Waals surface area contributed by atoms with E-state index >= 15 is 0 Å². The molecule has 45 heavy (non-hydrogen) atoms. The number of rotatable bonds is 11. The first kappa shape index (κ1) is 30.8. The van der Waals surface area contributed by atoms with E-state index in [1.807, 2.05) is 72.8 Å². The van der Waals surface area contributed by atoms with Gasteiger partial charge in [-0.3, -0.25) is 0 Å². The number of methoxy groups -OCH3 is 2. The molecular weight excluding hydrogens is 597 g/mol. The summed E-state index contributed by atoms with van der Waals surface area (Å²) in [6.07, 6.45) is 3.08. The second-order valence-electron chi connectivity index (χ2n) is 10.9. The van der Waals surface area contributed by atoms with Crippen molar-refractivity contribution in [2.75, 3.05) is 14.2 Å². The molecule has 0 aromatic heterocycles. The number of benzene rings is 6. The molecule has 0 aliphatic heterocycles. The number of aryl methyl sites for hydroxylation is 1. The number of fused-ring (bicyclic) bond motifs is 2. The Morgan fingerprint density at radius 3 is 2.00 bits per heavy atom. The summed E-state index contributed by atoms with van der Waals surface area (Å²) in [5.74, 6) is 1.32. The second kappa shape index (κ2) is 13.4. The highest BCUT2D eigenvalue weighted by Gasteiger charge is 2.29. The van der Waals surface area contributed by atoms with Gasteiger partial charge in [0.1, 0.15) is 11.5 Å². The molecule has 0 bridgehead atoms. The monoisotopic (exact) mass is 633 g/mol. The van der Waals surface area contributed by atoms with Crippen LogP contribution in [0.3, 0.4) is 0 Å². The Labute approximate surface area is 266 Å². The molecule has 6 rings (SSSR count). The molecule has 0 saturated heterocycles. The van der Waals surface area contributed by atoms with Gasteiger partial charge in [-0.25, -0.2) is 8.42 Å². The summed E-state index contributed by atoms with van der Waals surface area (Å²) in [5, 5.41) is 5.68. The maximum Gasteiger partial charge on any atom is 0.244 e. The zero-order valence-corrected chi connectivity index (χ0v) is 27.4. The summed E-state index contributed by atoms with van der Waals surface area (Å²) in [4.78, 5) is 0.238. The van der Waals surface area contributed by atoms with Crippen molar-refractivity contribution in [1.29, 1.82) is 0 Å². The number of unbranched alkanes of at least 4 members (excludes halogenated alkanes) is 1. The van der Waals surface area contributed by atoms with Crippen molar-refractivity contribution in [3.63, 3.8) is 0 Å². The molecule has 7 heteroatoms. The third kappa shape index (κ3) is 6.19. The van der Waals surface area contributed by atoms with E-state index in [0.29, 0.717) is 11.5 Å². The Bertz CT molecular complexity index is 2060. The summed E-state index contributed by atoms with van der Waals surface area (Å²) >= 11 is 0. The predicted octanol–water partition coefficient (Wildman–Crippen LogP) is 8.35. The Morgan fingerprint density at radius 2 is 1.33 bits per heavy atom. The third-order valence-corrected chi connectivity index (χ3v) is 12.3. The zero-order chi connectivity index (χ0) is 31.4. The van der Waals surface area contributed by atoms with Gasteiger partial charge in [-0.15, -0.1) is 0 Å². The number of sulfonamides is 1. The van der Waals surface area contributed by atoms with Gasteiger partial charge in [-0.2, -0.15) is 4.49 Å². The SMILES string of the molecule is CCCCc1ccc(S(=O)(=O)NP(c2ccccc2)c2cc3ccccc3c(-c3c(OC)ccc4ccccc34)c2OC)cc1. The van der Waals surface area contributed by atoms with Crippen LogP contribution in [0.4, 0.5) is 0 Å². The Morgan fingerprint density at radius 1 is 0.689 bits per heavy atom. The first-order chi connectivity index (χ1) is 21.9. The molecule has 5 nitrogen and oxygen atoms in total. The van der Waals surface area contributed by atoms with E-state index in [1.165, 1.54) is 0 Å². The van der Waals surface area contributed by atoms with Crippen molar-refractivity contribution in [2.24, 2.45) is 0 Å². The number of hydrogen-bond donors (Lipinski definition) is 1. The van der Waals surface area contributed by atoms with Crippen LogP contribution >= 0.6 is 8.07 Å². The van der Waals surface area contributed by atoms with Crippen LogP contribution in [-0.4, -0.2) is 22.6 Å². The topological polar surface area (TPSA) is 64.6 Å². The second-order valence-corrected chi connectivity index (χ2v) is 14.8. The molecule has 0 saturated carbocycles. The van der Waals surface area contributed by atoms with E-state index < -0.39 is 18.1 Å². The van der Waals surface area contributed by atoms with E-state index in [1.54, 1.807) is 26.4 Å². The fourth-order valence-electron chi connectivity index (χ4n) is 5.82. The lowest BCUT2D eigenvalue weighted by atomic mass is 9.92. The average Bonchev–Trinajstić information content (AvgIpc) is 3.09. The molecule has 1 atom stereocenters. The molecule has 0 aliphatic rings. The summed E-state index contributed by atoms with van der Waals surface area (Å²) in [6.45, 7) is 2.15. The van der Waals surface area contributed by atoms with Crippen LogP contribution in [0.25, 0.3) is 32.7 Å². The quantitative estimate of drug-likeness (QED) is 0.146. The Balaban J connectivity index is 1.59. The fraction of sp³-hybridized carbons (Fsp3) is 0.158. The lowest BCUT2D eigenvalue weighted by Gasteiger charge is -2.26. The summed E-state index contributed by atoms with van der Waals surface area (Å²) in [6, 6.07) is 39.4. The molecule has 0 aliphatic carbocycles. The molecule has 0 radical (unpaired) electrons. The van der Waals surface area contributed by atoms with Gasteiger partial charge in [0, 0.05) is 24.5 Å². The highest BCUT2D eigenvalue weighted by atomic mass is 32.2. The molecule has 0 fully saturated rings. The van der Waals surface area contributed by atoms with E-state index in [2.05, 4.69) is 47.8 Å². The molecule has 6 aromatic rings. The van der Waals surface area contributed by atoms with Crippen LogP contribution < -0.4 is 24.6 Å². The van der Waals surface area contributed by atoms with Gasteiger partial charge < -0.3 is 9.47 Å². The van der Waals surface area contributed by atoms with Gasteiger partial charge >= 0.3 is 0 Å². The van der Waals surface area contributed by atoms with Crippen LogP contribution in [0, 0.1) is 0 Å². The minimum absolute atomic E-state index is 0.238. The molecule has 0 amide bonds. The smallest absolute Gasteiger partial charge is 0.244 e. The van der Waals surface area contributed by atoms with Gasteiger partial charge in [-0.05, 0) is 69.5 Å². The predicted molar refractivity (Wildman–Crippen MR) is 188 cm³/mol. The van der Waals surface area contributed by atoms with Crippen LogP contribution in [-0.2, 0) is 16.4 Å². The first-order valence-electron chi connectivity index (χ1n) is 15.1. The van der Waals surface area contributed by atoms with Crippen molar-refractivity contribution in [3.05, 3.63) is 127 Å². The normalized spacial score (nSPS) is 12.3. The van der Waals surface area contributed by atoms with Gasteiger partial charge in [0.15, 0.2) is 0 Å². The van der Waals surface area contributed by atoms with Crippen molar-refractivity contribution in [3.8, 4) is 22.6 Å². The highest BCUT2D eigenvalue weighted by Crippen LogP contribution is 2.48. The molecule has 6 aromatic carbocycles. The van der Waals surface area contributed by atoms with Crippen molar-refractivity contribution >= 4 is 50.2 Å². The fourth-order valence-corrected chi connectivity index (χ4v) is 9.94. The average molecular weight is 634 g/mol. The van der Waals surface area contributed by atoms with Crippen LogP contribution in [0.5, 0.6) is 11.5 Å². The summed E-state index contributed by atoms with van der Waals surface area (Å²) < 4.78 is 43.5. The van der Waals surface area contributed by atoms with Gasteiger partial charge in [0.05, 0.1) is 19.1 Å². The number of nitrogens with one attached hydrogen (secondary N) is 1. The zero-order valence-electron chi connectivity index (χ0n) is 25.7. The molecule has 1 unspecified atom stereocenters. The third-order valence-electron chi connectivity index (χ3n) is 8.07. The maximum absolute atomic E-state index is 14.1. The highest BCUT2D eigenvalue weighted by molar-refractivity contribution is 7.97. The standard InChI is InChI=1S/C38H36NO4PS/c1-4-5-13-27-20-23-31(24-21-27)45(40,41)39-44(30-16-7-6-8-17-30)35-26-29-15-10-12-19-33(29)37(38(35)43-3)36-32-18-11-9-14-28(32)22-25-34(36)42-2/h6-12,14-26,39H,4-5,13H2,1-3H3. The largest absolute Gasteiger partial charge is 0.496 e. The van der Waals surface area contributed by atoms with E-state index in [0.717, 1.165) is 68.1 Å². The van der Waals surface area contributed by atoms with E-state index in [4.69, 9.17) is 9.47 Å². The molecule has 1 N–H and O–H groups in total. The van der Waals surface area contributed by atoms with Gasteiger partial charge in [0.25, 0.3) is 0 Å². The summed E-state index contributed by atoms with van der Waals surface area (Å²) in [7, 11) is -2.22. The molecule has 228 valence electrons. The maximum atomic E-state index is 14.1. The minimum Gasteiger partial charge on any atom is -0.496 e. The Kier molecular flexibility index (Phi) is 9.18. The van der Waals surface area contributed by atoms with Crippen molar-refractivity contribution in [1.82, 2.24) is 4.49 Å². The number of ether oxygens (including phenoxy) is 2. The molecular formula is C38H36NO4PS. The van der Waals surface area contributed by atoms with Crippen LogP contribution in [0.2, 0.25) is 0 Å². The minimum atomic E-state index is -3.90. The van der Waals surface area contributed by atoms with Gasteiger partial charge in [0.2, 0.25) is 10.0 Å². The molecule has 0 heterocycles. The summed E-state index contributed by atoms with van der Waals surface area (Å²) in [5.41, 5.74) is 2.90. The van der Waals surface area contributed by atoms with Crippen LogP contribution in [0.1, 0.15) is 25.3 Å². The Hall–Kier alpha value is -4.22. The lowest BCUT2D eigenvalue weighted by molar-refractivity contribution is 0.412. The first-order valence-corrected chi connectivity index (χ1v) is 17.9. The van der Waals surface area contributed by atoms with Crippen molar-refractivity contribution < 1.29 is 17.9 Å².